The summed E-state index contributed by atoms with van der Waals surface area (Å²) < 4.78 is 44.6. The summed E-state index contributed by atoms with van der Waals surface area (Å²) in [7, 11) is 0. The predicted molar refractivity (Wildman–Crippen MR) is 116 cm³/mol. The number of urea groups is 1. The molecule has 33 heavy (non-hydrogen) atoms. The van der Waals surface area contributed by atoms with Gasteiger partial charge in [-0.15, -0.1) is 0 Å². The van der Waals surface area contributed by atoms with E-state index in [9.17, 15) is 22.8 Å². The molecule has 0 aromatic heterocycles. The normalized spacial score (nSPS) is 16.9. The summed E-state index contributed by atoms with van der Waals surface area (Å²) in [5.41, 5.74) is 2.10. The van der Waals surface area contributed by atoms with Crippen molar-refractivity contribution in [1.29, 1.82) is 0 Å². The van der Waals surface area contributed by atoms with Gasteiger partial charge in [0, 0.05) is 36.1 Å². The first-order valence-electron chi connectivity index (χ1n) is 10.4. The first-order chi connectivity index (χ1) is 15.7. The van der Waals surface area contributed by atoms with Crippen LogP contribution in [0.2, 0.25) is 0 Å². The smallest absolute Gasteiger partial charge is 0.416 e. The first kappa shape index (κ1) is 22.7. The molecule has 2 aliphatic heterocycles. The summed E-state index contributed by atoms with van der Waals surface area (Å²) >= 11 is 0. The Morgan fingerprint density at radius 1 is 1.24 bits per heavy atom. The molecule has 0 atom stereocenters. The Hall–Kier alpha value is -3.53. The summed E-state index contributed by atoms with van der Waals surface area (Å²) in [6, 6.07) is 8.04. The molecule has 0 saturated carbocycles. The standard InChI is InChI=1S/C23H22F3N3O4/c24-23(25,26)16-4-6-18-14(2-1-9-33-20(18)11-16)10-21(31)27-17-5-3-15-13-29(7-8-30)22(32)28-19(15)12-17/h3-6,10-12,30H,1-2,7-9,13H2,(H,27,31)(H,28,32)/b14-10+. The predicted octanol–water partition coefficient (Wildman–Crippen LogP) is 4.24. The first-order valence-corrected chi connectivity index (χ1v) is 10.4. The van der Waals surface area contributed by atoms with E-state index in [0.29, 0.717) is 41.9 Å². The third kappa shape index (κ3) is 5.11. The maximum absolute atomic E-state index is 13.0. The van der Waals surface area contributed by atoms with Crippen LogP contribution in [0.1, 0.15) is 29.5 Å². The molecule has 2 heterocycles. The number of aliphatic hydroxyl groups is 1. The Morgan fingerprint density at radius 2 is 2.06 bits per heavy atom. The molecular formula is C23H22F3N3O4. The molecule has 174 valence electrons. The zero-order valence-electron chi connectivity index (χ0n) is 17.5. The van der Waals surface area contributed by atoms with Gasteiger partial charge in [-0.1, -0.05) is 12.1 Å². The van der Waals surface area contributed by atoms with Crippen molar-refractivity contribution in [2.24, 2.45) is 0 Å². The van der Waals surface area contributed by atoms with Gasteiger partial charge in [0.2, 0.25) is 5.91 Å². The number of β-amino-alcohol motifs (C(OH)–C–C–N with tert-alkyl or cyclic N) is 1. The molecule has 0 spiro atoms. The van der Waals surface area contributed by atoms with E-state index < -0.39 is 17.6 Å². The van der Waals surface area contributed by atoms with Crippen molar-refractivity contribution in [3.8, 4) is 5.75 Å². The maximum atomic E-state index is 13.0. The van der Waals surface area contributed by atoms with Crippen molar-refractivity contribution in [1.82, 2.24) is 4.90 Å². The molecule has 0 unspecified atom stereocenters. The van der Waals surface area contributed by atoms with Crippen LogP contribution in [0.4, 0.5) is 29.3 Å². The highest BCUT2D eigenvalue weighted by molar-refractivity contribution is 6.05. The van der Waals surface area contributed by atoms with E-state index in [2.05, 4.69) is 10.6 Å². The van der Waals surface area contributed by atoms with Gasteiger partial charge in [0.15, 0.2) is 0 Å². The number of amides is 3. The highest BCUT2D eigenvalue weighted by atomic mass is 19.4. The van der Waals surface area contributed by atoms with E-state index in [-0.39, 0.29) is 31.5 Å². The minimum absolute atomic E-state index is 0.102. The maximum Gasteiger partial charge on any atom is 0.416 e. The number of carbonyl (C=O) groups excluding carboxylic acids is 2. The second-order valence-electron chi connectivity index (χ2n) is 7.77. The molecule has 0 radical (unpaired) electrons. The molecule has 3 N–H and O–H groups in total. The van der Waals surface area contributed by atoms with Gasteiger partial charge in [0.25, 0.3) is 0 Å². The summed E-state index contributed by atoms with van der Waals surface area (Å²) in [6.07, 6.45) is -2.08. The van der Waals surface area contributed by atoms with Gasteiger partial charge in [-0.25, -0.2) is 4.79 Å². The second kappa shape index (κ2) is 9.14. The number of nitrogens with zero attached hydrogens (tertiary/aromatic N) is 1. The van der Waals surface area contributed by atoms with Gasteiger partial charge in [0.05, 0.1) is 18.8 Å². The van der Waals surface area contributed by atoms with Gasteiger partial charge >= 0.3 is 12.2 Å². The van der Waals surface area contributed by atoms with Gasteiger partial charge < -0.3 is 25.4 Å². The fraction of sp³-hybridized carbons (Fsp3) is 0.304. The lowest BCUT2D eigenvalue weighted by atomic mass is 9.99. The van der Waals surface area contributed by atoms with Crippen LogP contribution < -0.4 is 15.4 Å². The van der Waals surface area contributed by atoms with Gasteiger partial charge in [-0.2, -0.15) is 13.2 Å². The number of allylic oxidation sites excluding steroid dienone is 1. The van der Waals surface area contributed by atoms with Crippen molar-refractivity contribution >= 4 is 28.9 Å². The molecule has 2 aromatic carbocycles. The van der Waals surface area contributed by atoms with Crippen molar-refractivity contribution in [2.75, 3.05) is 30.4 Å². The number of alkyl halides is 3. The largest absolute Gasteiger partial charge is 0.493 e. The van der Waals surface area contributed by atoms with E-state index in [4.69, 9.17) is 9.84 Å². The zero-order chi connectivity index (χ0) is 23.6. The fourth-order valence-electron chi connectivity index (χ4n) is 3.83. The van der Waals surface area contributed by atoms with Crippen LogP contribution in [0.15, 0.2) is 42.5 Å². The Balaban J connectivity index is 1.53. The Labute approximate surface area is 187 Å². The SMILES string of the molecule is O=C(/C=C1\CCCOc2cc(C(F)(F)F)ccc21)Nc1ccc2c(c1)NC(=O)N(CCO)C2. The number of halogens is 3. The van der Waals surface area contributed by atoms with Crippen LogP contribution in [0, 0.1) is 0 Å². The number of anilines is 2. The molecule has 4 rings (SSSR count). The van der Waals surface area contributed by atoms with Crippen molar-refractivity contribution < 1.29 is 32.6 Å². The third-order valence-electron chi connectivity index (χ3n) is 5.45. The fourth-order valence-corrected chi connectivity index (χ4v) is 3.83. The highest BCUT2D eigenvalue weighted by Crippen LogP contribution is 2.38. The van der Waals surface area contributed by atoms with Crippen LogP contribution >= 0.6 is 0 Å². The summed E-state index contributed by atoms with van der Waals surface area (Å²) in [6.45, 7) is 0.673. The molecule has 0 bridgehead atoms. The zero-order valence-corrected chi connectivity index (χ0v) is 17.5. The Bertz CT molecular complexity index is 1110. The van der Waals surface area contributed by atoms with Crippen LogP contribution in [0.5, 0.6) is 5.75 Å². The molecular weight excluding hydrogens is 439 g/mol. The van der Waals surface area contributed by atoms with Crippen LogP contribution in [0.25, 0.3) is 5.57 Å². The topological polar surface area (TPSA) is 90.9 Å². The second-order valence-corrected chi connectivity index (χ2v) is 7.77. The lowest BCUT2D eigenvalue weighted by Crippen LogP contribution is -2.40. The van der Waals surface area contributed by atoms with Crippen LogP contribution in [0.3, 0.4) is 0 Å². The van der Waals surface area contributed by atoms with E-state index in [1.165, 1.54) is 17.0 Å². The summed E-state index contributed by atoms with van der Waals surface area (Å²) in [5, 5.41) is 14.5. The van der Waals surface area contributed by atoms with Crippen LogP contribution in [-0.2, 0) is 17.5 Å². The average Bonchev–Trinajstić information content (AvgIpc) is 2.95. The molecule has 0 aliphatic carbocycles. The van der Waals surface area contributed by atoms with Gasteiger partial charge in [-0.3, -0.25) is 4.79 Å². The lowest BCUT2D eigenvalue weighted by molar-refractivity contribution is -0.137. The van der Waals surface area contributed by atoms with E-state index in [1.54, 1.807) is 18.2 Å². The lowest BCUT2D eigenvalue weighted by Gasteiger charge is -2.29. The minimum atomic E-state index is -4.48. The van der Waals surface area contributed by atoms with E-state index in [0.717, 1.165) is 17.7 Å². The number of carbonyl (C=O) groups is 2. The minimum Gasteiger partial charge on any atom is -0.493 e. The van der Waals surface area contributed by atoms with Crippen molar-refractivity contribution in [3.05, 3.63) is 59.2 Å². The van der Waals surface area contributed by atoms with Crippen molar-refractivity contribution in [2.45, 2.75) is 25.6 Å². The molecule has 0 saturated heterocycles. The van der Waals surface area contributed by atoms with E-state index >= 15 is 0 Å². The molecule has 7 nitrogen and oxygen atoms in total. The number of aliphatic hydroxyl groups excluding tert-OH is 1. The van der Waals surface area contributed by atoms with Gasteiger partial charge in [0.1, 0.15) is 5.75 Å². The molecule has 0 fully saturated rings. The van der Waals surface area contributed by atoms with Crippen molar-refractivity contribution in [3.63, 3.8) is 0 Å². The highest BCUT2D eigenvalue weighted by Gasteiger charge is 2.32. The Kier molecular flexibility index (Phi) is 6.28. The number of fused-ring (bicyclic) bond motifs is 2. The summed E-state index contributed by atoms with van der Waals surface area (Å²) in [4.78, 5) is 26.2. The van der Waals surface area contributed by atoms with E-state index in [1.807, 2.05) is 0 Å². The van der Waals surface area contributed by atoms with Crippen LogP contribution in [-0.4, -0.2) is 41.7 Å². The molecule has 3 amide bonds. The molecule has 2 aromatic rings. The number of ether oxygens (including phenoxy) is 1. The third-order valence-corrected chi connectivity index (χ3v) is 5.45. The number of nitrogens with one attached hydrogen (secondary N) is 2. The molecule has 2 aliphatic rings. The molecule has 10 heteroatoms. The summed E-state index contributed by atoms with van der Waals surface area (Å²) in [5.74, 6) is -0.341. The average molecular weight is 461 g/mol. The number of benzene rings is 2. The quantitative estimate of drug-likeness (QED) is 0.594. The van der Waals surface area contributed by atoms with Gasteiger partial charge in [-0.05, 0) is 48.2 Å². The Morgan fingerprint density at radius 3 is 2.82 bits per heavy atom. The number of rotatable bonds is 4. The monoisotopic (exact) mass is 461 g/mol. The number of hydrogen-bond donors (Lipinski definition) is 3. The number of hydrogen-bond acceptors (Lipinski definition) is 4.